The minimum atomic E-state index is -0.177. The molecular formula is C17H23FN4. The van der Waals surface area contributed by atoms with E-state index in [0.29, 0.717) is 6.04 Å². The van der Waals surface area contributed by atoms with Gasteiger partial charge >= 0.3 is 0 Å². The number of hydrogen-bond donors (Lipinski definition) is 0. The number of halogens is 1. The van der Waals surface area contributed by atoms with E-state index in [0.717, 1.165) is 38.2 Å². The molecular weight excluding hydrogens is 279 g/mol. The lowest BCUT2D eigenvalue weighted by Crippen LogP contribution is -2.38. The van der Waals surface area contributed by atoms with Gasteiger partial charge in [-0.25, -0.2) is 4.39 Å². The van der Waals surface area contributed by atoms with E-state index < -0.39 is 0 Å². The van der Waals surface area contributed by atoms with Crippen LogP contribution < -0.4 is 0 Å². The van der Waals surface area contributed by atoms with Gasteiger partial charge in [0.25, 0.3) is 0 Å². The smallest absolute Gasteiger partial charge is 0.123 e. The van der Waals surface area contributed by atoms with Gasteiger partial charge in [-0.15, -0.1) is 0 Å². The van der Waals surface area contributed by atoms with Gasteiger partial charge in [-0.1, -0.05) is 12.1 Å². The molecule has 1 aliphatic rings. The third-order valence-electron chi connectivity index (χ3n) is 4.18. The Morgan fingerprint density at radius 2 is 2.00 bits per heavy atom. The summed E-state index contributed by atoms with van der Waals surface area (Å²) in [5.41, 5.74) is 2.41. The number of rotatable bonds is 5. The summed E-state index contributed by atoms with van der Waals surface area (Å²) < 4.78 is 15.2. The highest BCUT2D eigenvalue weighted by atomic mass is 19.1. The quantitative estimate of drug-likeness (QED) is 0.848. The van der Waals surface area contributed by atoms with Crippen molar-refractivity contribution in [3.05, 3.63) is 53.6 Å². The third-order valence-corrected chi connectivity index (χ3v) is 4.18. The summed E-state index contributed by atoms with van der Waals surface area (Å²) in [5.74, 6) is -0.177. The van der Waals surface area contributed by atoms with Crippen molar-refractivity contribution in [3.8, 4) is 0 Å². The zero-order valence-electron chi connectivity index (χ0n) is 13.2. The molecule has 1 aromatic carbocycles. The highest BCUT2D eigenvalue weighted by Gasteiger charge is 2.25. The van der Waals surface area contributed by atoms with Crippen molar-refractivity contribution in [2.45, 2.75) is 25.6 Å². The van der Waals surface area contributed by atoms with Crippen LogP contribution in [0.2, 0.25) is 0 Å². The van der Waals surface area contributed by atoms with Crippen molar-refractivity contribution in [1.82, 2.24) is 19.6 Å². The topological polar surface area (TPSA) is 24.3 Å². The van der Waals surface area contributed by atoms with Crippen LogP contribution >= 0.6 is 0 Å². The molecule has 0 amide bonds. The molecule has 0 N–H and O–H groups in total. The summed E-state index contributed by atoms with van der Waals surface area (Å²) in [6.07, 6.45) is 2.97. The molecule has 5 heteroatoms. The normalized spacial score (nSPS) is 18.6. The summed E-state index contributed by atoms with van der Waals surface area (Å²) in [5, 5.41) is 4.49. The van der Waals surface area contributed by atoms with Crippen LogP contribution in [-0.2, 0) is 13.1 Å². The fourth-order valence-corrected chi connectivity index (χ4v) is 3.05. The molecule has 0 unspecified atom stereocenters. The molecule has 3 rings (SSSR count). The Bertz CT molecular complexity index is 605. The van der Waals surface area contributed by atoms with Crippen LogP contribution in [0.25, 0.3) is 0 Å². The van der Waals surface area contributed by atoms with Gasteiger partial charge in [0, 0.05) is 25.8 Å². The first-order valence-corrected chi connectivity index (χ1v) is 7.76. The molecule has 2 heterocycles. The lowest BCUT2D eigenvalue weighted by Gasteiger charge is -2.34. The van der Waals surface area contributed by atoms with E-state index in [1.807, 2.05) is 18.3 Å². The largest absolute Gasteiger partial charge is 0.309 e. The van der Waals surface area contributed by atoms with Crippen molar-refractivity contribution in [1.29, 1.82) is 0 Å². The second-order valence-corrected chi connectivity index (χ2v) is 6.31. The van der Waals surface area contributed by atoms with E-state index in [9.17, 15) is 4.39 Å². The maximum atomic E-state index is 13.0. The summed E-state index contributed by atoms with van der Waals surface area (Å²) >= 11 is 0. The maximum Gasteiger partial charge on any atom is 0.123 e. The average Bonchev–Trinajstić information content (AvgIpc) is 2.95. The standard InChI is InChI=1S/C17H23FN4/c1-20(2)10-8-17-13-21(12-16-7-9-19-22(16)17)11-14-3-5-15(18)6-4-14/h3-7,9,17H,8,10-13H2,1-2H3/t17-/m1/s1. The van der Waals surface area contributed by atoms with Gasteiger partial charge in [-0.05, 0) is 50.8 Å². The Hall–Kier alpha value is -1.72. The summed E-state index contributed by atoms with van der Waals surface area (Å²) in [4.78, 5) is 4.63. The van der Waals surface area contributed by atoms with E-state index >= 15 is 0 Å². The van der Waals surface area contributed by atoms with Crippen molar-refractivity contribution in [3.63, 3.8) is 0 Å². The fraction of sp³-hybridized carbons (Fsp3) is 0.471. The van der Waals surface area contributed by atoms with Gasteiger partial charge in [-0.2, -0.15) is 5.10 Å². The molecule has 1 aromatic heterocycles. The first kappa shape index (κ1) is 15.2. The first-order valence-electron chi connectivity index (χ1n) is 7.76. The van der Waals surface area contributed by atoms with Crippen molar-refractivity contribution in [2.24, 2.45) is 0 Å². The molecule has 0 saturated heterocycles. The number of aromatic nitrogens is 2. The van der Waals surface area contributed by atoms with Crippen LogP contribution in [0, 0.1) is 5.82 Å². The number of nitrogens with zero attached hydrogens (tertiary/aromatic N) is 4. The number of hydrogen-bond acceptors (Lipinski definition) is 3. The van der Waals surface area contributed by atoms with Gasteiger partial charge < -0.3 is 4.90 Å². The summed E-state index contributed by atoms with van der Waals surface area (Å²) in [7, 11) is 4.20. The van der Waals surface area contributed by atoms with Crippen molar-refractivity contribution >= 4 is 0 Å². The van der Waals surface area contributed by atoms with Crippen LogP contribution in [0.1, 0.15) is 23.7 Å². The zero-order valence-corrected chi connectivity index (χ0v) is 13.2. The van der Waals surface area contributed by atoms with Crippen LogP contribution in [0.3, 0.4) is 0 Å². The molecule has 0 fully saturated rings. The molecule has 0 radical (unpaired) electrons. The molecule has 0 spiro atoms. The van der Waals surface area contributed by atoms with Crippen molar-refractivity contribution < 1.29 is 4.39 Å². The minimum Gasteiger partial charge on any atom is -0.309 e. The number of fused-ring (bicyclic) bond motifs is 1. The highest BCUT2D eigenvalue weighted by molar-refractivity contribution is 5.16. The predicted octanol–water partition coefficient (Wildman–Crippen LogP) is 2.53. The van der Waals surface area contributed by atoms with E-state index in [4.69, 9.17) is 0 Å². The lowest BCUT2D eigenvalue weighted by molar-refractivity contribution is 0.155. The van der Waals surface area contributed by atoms with Gasteiger partial charge in [-0.3, -0.25) is 9.58 Å². The van der Waals surface area contributed by atoms with Crippen molar-refractivity contribution in [2.75, 3.05) is 27.2 Å². The molecule has 2 aromatic rings. The Labute approximate surface area is 131 Å². The molecule has 0 saturated carbocycles. The molecule has 1 atom stereocenters. The van der Waals surface area contributed by atoms with Crippen LogP contribution in [0.5, 0.6) is 0 Å². The molecule has 118 valence electrons. The van der Waals surface area contributed by atoms with Crippen LogP contribution in [-0.4, -0.2) is 46.8 Å². The number of benzene rings is 1. The lowest BCUT2D eigenvalue weighted by atomic mass is 10.1. The zero-order chi connectivity index (χ0) is 15.5. The molecule has 4 nitrogen and oxygen atoms in total. The molecule has 0 aliphatic carbocycles. The van der Waals surface area contributed by atoms with E-state index in [1.54, 1.807) is 0 Å². The maximum absolute atomic E-state index is 13.0. The monoisotopic (exact) mass is 302 g/mol. The summed E-state index contributed by atoms with van der Waals surface area (Å²) in [6.45, 7) is 3.79. The second-order valence-electron chi connectivity index (χ2n) is 6.31. The Morgan fingerprint density at radius 3 is 2.73 bits per heavy atom. The molecule has 0 bridgehead atoms. The Balaban J connectivity index is 1.70. The highest BCUT2D eigenvalue weighted by Crippen LogP contribution is 2.24. The van der Waals surface area contributed by atoms with Gasteiger partial charge in [0.05, 0.1) is 11.7 Å². The Kier molecular flexibility index (Phi) is 4.55. The van der Waals surface area contributed by atoms with E-state index in [2.05, 4.69) is 39.7 Å². The summed E-state index contributed by atoms with van der Waals surface area (Å²) in [6, 6.07) is 9.31. The van der Waals surface area contributed by atoms with Gasteiger partial charge in [0.2, 0.25) is 0 Å². The minimum absolute atomic E-state index is 0.177. The first-order chi connectivity index (χ1) is 10.6. The van der Waals surface area contributed by atoms with Gasteiger partial charge in [0.15, 0.2) is 0 Å². The third kappa shape index (κ3) is 3.54. The van der Waals surface area contributed by atoms with E-state index in [1.165, 1.54) is 17.8 Å². The SMILES string of the molecule is CN(C)CC[C@@H]1CN(Cc2ccc(F)cc2)Cc2ccnn21. The molecule has 22 heavy (non-hydrogen) atoms. The average molecular weight is 302 g/mol. The molecule has 1 aliphatic heterocycles. The van der Waals surface area contributed by atoms with Crippen LogP contribution in [0.15, 0.2) is 36.5 Å². The fourth-order valence-electron chi connectivity index (χ4n) is 3.05. The predicted molar refractivity (Wildman–Crippen MR) is 84.9 cm³/mol. The Morgan fingerprint density at radius 1 is 1.23 bits per heavy atom. The van der Waals surface area contributed by atoms with Crippen LogP contribution in [0.4, 0.5) is 4.39 Å². The van der Waals surface area contributed by atoms with E-state index in [-0.39, 0.29) is 5.82 Å². The van der Waals surface area contributed by atoms with Gasteiger partial charge in [0.1, 0.15) is 5.82 Å². The second kappa shape index (κ2) is 6.58.